The number of esters is 2. The van der Waals surface area contributed by atoms with Gasteiger partial charge in [0.25, 0.3) is 0 Å². The fourth-order valence-electron chi connectivity index (χ4n) is 2.59. The zero-order chi connectivity index (χ0) is 16.8. The number of fused-ring (bicyclic) bond motifs is 1. The summed E-state index contributed by atoms with van der Waals surface area (Å²) in [6.07, 6.45) is -8.74. The summed E-state index contributed by atoms with van der Waals surface area (Å²) in [5.41, 5.74) is -1.94. The van der Waals surface area contributed by atoms with E-state index in [0.717, 1.165) is 6.08 Å². The summed E-state index contributed by atoms with van der Waals surface area (Å²) < 4.78 is 82.2. The number of carbonyl (C=O) groups excluding carboxylic acids is 2. The number of allylic oxidation sites excluding steroid dienone is 1. The number of carbonyl (C=O) groups is 2. The van der Waals surface area contributed by atoms with Gasteiger partial charge in [-0.1, -0.05) is 0 Å². The highest BCUT2D eigenvalue weighted by Crippen LogP contribution is 2.53. The summed E-state index contributed by atoms with van der Waals surface area (Å²) in [5, 5.41) is 0. The molecule has 2 aliphatic carbocycles. The largest absolute Gasteiger partial charge is 0.491 e. The van der Waals surface area contributed by atoms with Crippen LogP contribution in [-0.2, 0) is 19.1 Å². The van der Waals surface area contributed by atoms with Crippen LogP contribution in [0.25, 0.3) is 0 Å². The fourth-order valence-corrected chi connectivity index (χ4v) is 2.59. The summed E-state index contributed by atoms with van der Waals surface area (Å²) in [6, 6.07) is 0. The van der Waals surface area contributed by atoms with Crippen LogP contribution in [0.5, 0.6) is 0 Å². The number of ether oxygens (including phenoxy) is 2. The molecule has 124 valence electrons. The van der Waals surface area contributed by atoms with E-state index in [2.05, 4.69) is 9.47 Å². The minimum atomic E-state index is -5.30. The van der Waals surface area contributed by atoms with E-state index in [9.17, 15) is 35.9 Å². The Kier molecular flexibility index (Phi) is 3.90. The summed E-state index contributed by atoms with van der Waals surface area (Å²) in [6.45, 7) is 0. The molecule has 22 heavy (non-hydrogen) atoms. The Labute approximate surface area is 120 Å². The molecule has 2 aliphatic rings. The van der Waals surface area contributed by atoms with Crippen molar-refractivity contribution in [2.24, 2.45) is 5.92 Å². The number of hydrogen-bond acceptors (Lipinski definition) is 4. The van der Waals surface area contributed by atoms with Gasteiger partial charge >= 0.3 is 24.3 Å². The molecule has 0 radical (unpaired) electrons. The first-order valence-electron chi connectivity index (χ1n) is 6.26. The highest BCUT2D eigenvalue weighted by Gasteiger charge is 2.59. The summed E-state index contributed by atoms with van der Waals surface area (Å²) in [7, 11) is 0. The van der Waals surface area contributed by atoms with Crippen molar-refractivity contribution in [1.29, 1.82) is 0 Å². The number of halogens is 6. The van der Waals surface area contributed by atoms with Crippen molar-refractivity contribution in [3.63, 3.8) is 0 Å². The molecule has 0 aromatic heterocycles. The quantitative estimate of drug-likeness (QED) is 0.576. The topological polar surface area (TPSA) is 52.6 Å². The van der Waals surface area contributed by atoms with Crippen LogP contribution in [-0.4, -0.2) is 29.9 Å². The number of alkyl halides is 6. The Hall–Kier alpha value is -1.74. The van der Waals surface area contributed by atoms with E-state index in [4.69, 9.17) is 0 Å². The maximum absolute atomic E-state index is 12.3. The van der Waals surface area contributed by atoms with Gasteiger partial charge in [0.15, 0.2) is 5.60 Å². The van der Waals surface area contributed by atoms with Gasteiger partial charge in [-0.3, -0.25) is 0 Å². The van der Waals surface area contributed by atoms with Crippen LogP contribution in [0.15, 0.2) is 11.8 Å². The SMILES string of the molecule is O=C(OC1=CCCC2CCC12OC(=O)C(F)(F)F)C(F)(F)F. The third kappa shape index (κ3) is 2.91. The third-order valence-corrected chi connectivity index (χ3v) is 3.73. The lowest BCUT2D eigenvalue weighted by molar-refractivity contribution is -0.234. The maximum Gasteiger partial charge on any atom is 0.491 e. The van der Waals surface area contributed by atoms with E-state index in [0.29, 0.717) is 12.8 Å². The molecule has 0 N–H and O–H groups in total. The molecule has 0 amide bonds. The first kappa shape index (κ1) is 16.6. The average molecular weight is 332 g/mol. The second-order valence-electron chi connectivity index (χ2n) is 5.05. The van der Waals surface area contributed by atoms with Gasteiger partial charge in [0.1, 0.15) is 5.76 Å². The molecular weight excluding hydrogens is 322 g/mol. The molecule has 1 saturated carbocycles. The van der Waals surface area contributed by atoms with Crippen LogP contribution < -0.4 is 0 Å². The molecule has 0 aromatic carbocycles. The Balaban J connectivity index is 2.22. The minimum Gasteiger partial charge on any atom is -0.444 e. The van der Waals surface area contributed by atoms with Crippen LogP contribution >= 0.6 is 0 Å². The van der Waals surface area contributed by atoms with Crippen molar-refractivity contribution in [3.05, 3.63) is 11.8 Å². The average Bonchev–Trinajstić information content (AvgIpc) is 2.33. The van der Waals surface area contributed by atoms with Crippen LogP contribution in [0, 0.1) is 5.92 Å². The van der Waals surface area contributed by atoms with Crippen molar-refractivity contribution in [3.8, 4) is 0 Å². The molecule has 2 rings (SSSR count). The van der Waals surface area contributed by atoms with Gasteiger partial charge in [-0.25, -0.2) is 9.59 Å². The lowest BCUT2D eigenvalue weighted by Crippen LogP contribution is -2.56. The van der Waals surface area contributed by atoms with Crippen LogP contribution in [0.3, 0.4) is 0 Å². The Morgan fingerprint density at radius 1 is 1.05 bits per heavy atom. The molecule has 0 bridgehead atoms. The second kappa shape index (κ2) is 5.17. The first-order chi connectivity index (χ1) is 9.97. The van der Waals surface area contributed by atoms with Crippen molar-refractivity contribution in [2.75, 3.05) is 0 Å². The summed E-state index contributed by atoms with van der Waals surface area (Å²) in [4.78, 5) is 21.9. The van der Waals surface area contributed by atoms with E-state index in [1.54, 1.807) is 0 Å². The zero-order valence-electron chi connectivity index (χ0n) is 10.9. The van der Waals surface area contributed by atoms with Gasteiger partial charge in [-0.05, 0) is 31.8 Å². The van der Waals surface area contributed by atoms with E-state index in [-0.39, 0.29) is 12.8 Å². The Morgan fingerprint density at radius 3 is 2.09 bits per heavy atom. The predicted octanol–water partition coefficient (Wildman–Crippen LogP) is 3.02. The van der Waals surface area contributed by atoms with E-state index in [1.165, 1.54) is 0 Å². The normalized spacial score (nSPS) is 28.1. The Bertz CT molecular complexity index is 521. The summed E-state index contributed by atoms with van der Waals surface area (Å²) >= 11 is 0. The minimum absolute atomic E-state index is 0.129. The Morgan fingerprint density at radius 2 is 1.64 bits per heavy atom. The number of rotatable bonds is 2. The number of hydrogen-bond donors (Lipinski definition) is 0. The zero-order valence-corrected chi connectivity index (χ0v) is 10.9. The highest BCUT2D eigenvalue weighted by molar-refractivity contribution is 5.78. The molecule has 0 saturated heterocycles. The fraction of sp³-hybridized carbons (Fsp3) is 0.667. The molecule has 4 nitrogen and oxygen atoms in total. The van der Waals surface area contributed by atoms with Gasteiger partial charge in [0.2, 0.25) is 0 Å². The highest BCUT2D eigenvalue weighted by atomic mass is 19.4. The van der Waals surface area contributed by atoms with Crippen LogP contribution in [0.4, 0.5) is 26.3 Å². The van der Waals surface area contributed by atoms with Crippen molar-refractivity contribution in [1.82, 2.24) is 0 Å². The molecule has 2 atom stereocenters. The van der Waals surface area contributed by atoms with Crippen molar-refractivity contribution in [2.45, 2.75) is 43.6 Å². The molecule has 0 aromatic rings. The van der Waals surface area contributed by atoms with E-state index in [1.807, 2.05) is 0 Å². The standard InChI is InChI=1S/C12H10F6O4/c13-11(14,15)8(19)21-7-3-1-2-6-4-5-10(6,7)22-9(20)12(16,17)18/h3,6H,1-2,4-5H2. The van der Waals surface area contributed by atoms with Crippen LogP contribution in [0.1, 0.15) is 25.7 Å². The molecular formula is C12H10F6O4. The molecule has 1 fully saturated rings. The van der Waals surface area contributed by atoms with Gasteiger partial charge < -0.3 is 9.47 Å². The molecule has 10 heteroatoms. The van der Waals surface area contributed by atoms with E-state index >= 15 is 0 Å². The lowest BCUT2D eigenvalue weighted by Gasteiger charge is -2.50. The van der Waals surface area contributed by atoms with Gasteiger partial charge in [-0.2, -0.15) is 26.3 Å². The van der Waals surface area contributed by atoms with Gasteiger partial charge in [-0.15, -0.1) is 0 Å². The molecule has 2 unspecified atom stereocenters. The van der Waals surface area contributed by atoms with Crippen LogP contribution in [0.2, 0.25) is 0 Å². The smallest absolute Gasteiger partial charge is 0.444 e. The lowest BCUT2D eigenvalue weighted by atomic mass is 9.63. The summed E-state index contributed by atoms with van der Waals surface area (Å²) in [5.74, 6) is -6.35. The molecule has 0 aliphatic heterocycles. The van der Waals surface area contributed by atoms with Crippen molar-refractivity contribution < 1.29 is 45.4 Å². The van der Waals surface area contributed by atoms with Gasteiger partial charge in [0.05, 0.1) is 0 Å². The van der Waals surface area contributed by atoms with Gasteiger partial charge in [0, 0.05) is 5.92 Å². The van der Waals surface area contributed by atoms with E-state index < -0.39 is 41.6 Å². The van der Waals surface area contributed by atoms with Crippen molar-refractivity contribution >= 4 is 11.9 Å². The maximum atomic E-state index is 12.3. The predicted molar refractivity (Wildman–Crippen MR) is 57.1 cm³/mol. The third-order valence-electron chi connectivity index (χ3n) is 3.73. The first-order valence-corrected chi connectivity index (χ1v) is 6.26. The molecule has 0 heterocycles. The molecule has 0 spiro atoms. The monoisotopic (exact) mass is 332 g/mol. The second-order valence-corrected chi connectivity index (χ2v) is 5.05.